The number of nitrogens with one attached hydrogen (secondary N) is 1. The Morgan fingerprint density at radius 3 is 2.52 bits per heavy atom. The minimum absolute atomic E-state index is 0. The molecule has 140 valence electrons. The largest absolute Gasteiger partial charge is 0.313 e. The molecule has 3 aliphatic rings. The number of halogens is 1. The molecular weight excluding hydrogens is 358 g/mol. The maximum atomic E-state index is 13.3. The van der Waals surface area contributed by atoms with E-state index in [-0.39, 0.29) is 24.5 Å². The summed E-state index contributed by atoms with van der Waals surface area (Å²) in [6.07, 6.45) is 4.29. The van der Waals surface area contributed by atoms with E-state index < -0.39 is 10.2 Å². The smallest absolute Gasteiger partial charge is 0.282 e. The van der Waals surface area contributed by atoms with Crippen molar-refractivity contribution in [1.82, 2.24) is 13.9 Å². The molecule has 2 bridgehead atoms. The number of benzene rings is 1. The highest BCUT2D eigenvalue weighted by atomic mass is 35.5. The molecule has 4 rings (SSSR count). The molecule has 3 atom stereocenters. The number of nitrogens with zero attached hydrogens (tertiary/aromatic N) is 2. The Morgan fingerprint density at radius 1 is 1.16 bits per heavy atom. The van der Waals surface area contributed by atoms with Gasteiger partial charge in [-0.15, -0.1) is 12.4 Å². The highest BCUT2D eigenvalue weighted by molar-refractivity contribution is 7.86. The average molecular weight is 386 g/mol. The number of piperazine rings is 1. The number of piperidine rings is 1. The molecule has 1 aromatic carbocycles. The third kappa shape index (κ3) is 3.47. The highest BCUT2D eigenvalue weighted by Gasteiger charge is 2.47. The van der Waals surface area contributed by atoms with Crippen molar-refractivity contribution in [3.63, 3.8) is 0 Å². The van der Waals surface area contributed by atoms with Gasteiger partial charge in [0.2, 0.25) is 0 Å². The molecule has 25 heavy (non-hydrogen) atoms. The first-order valence-corrected chi connectivity index (χ1v) is 10.6. The van der Waals surface area contributed by atoms with Crippen LogP contribution in [0.25, 0.3) is 0 Å². The fraction of sp³-hybridized carbons (Fsp3) is 0.667. The molecular formula is C18H28ClN3O2S. The predicted octanol–water partition coefficient (Wildman–Crippen LogP) is 2.35. The first kappa shape index (κ1) is 19.1. The van der Waals surface area contributed by atoms with Crippen LogP contribution < -0.4 is 5.32 Å². The molecule has 2 aliphatic heterocycles. The van der Waals surface area contributed by atoms with Gasteiger partial charge in [0.15, 0.2) is 0 Å². The molecule has 0 radical (unpaired) electrons. The van der Waals surface area contributed by atoms with Crippen molar-refractivity contribution in [3.05, 3.63) is 35.4 Å². The summed E-state index contributed by atoms with van der Waals surface area (Å²) in [6.45, 7) is 4.82. The van der Waals surface area contributed by atoms with Crippen molar-refractivity contribution in [2.75, 3.05) is 26.2 Å². The first-order chi connectivity index (χ1) is 11.6. The van der Waals surface area contributed by atoms with E-state index in [0.29, 0.717) is 19.0 Å². The molecule has 0 spiro atoms. The lowest BCUT2D eigenvalue weighted by atomic mass is 10.0. The Bertz CT molecular complexity index is 695. The Labute approximate surface area is 157 Å². The van der Waals surface area contributed by atoms with Gasteiger partial charge in [-0.1, -0.05) is 31.2 Å². The zero-order valence-electron chi connectivity index (χ0n) is 14.7. The molecule has 0 aromatic heterocycles. The summed E-state index contributed by atoms with van der Waals surface area (Å²) in [5.74, 6) is 0.579. The summed E-state index contributed by atoms with van der Waals surface area (Å²) in [5.41, 5.74) is 2.38. The summed E-state index contributed by atoms with van der Waals surface area (Å²) in [6, 6.07) is 8.55. The third-order valence-electron chi connectivity index (χ3n) is 5.92. The normalized spacial score (nSPS) is 30.4. The van der Waals surface area contributed by atoms with E-state index in [4.69, 9.17) is 0 Å². The van der Waals surface area contributed by atoms with Crippen LogP contribution in [0.2, 0.25) is 0 Å². The van der Waals surface area contributed by atoms with E-state index in [2.05, 4.69) is 36.5 Å². The second-order valence-electron chi connectivity index (χ2n) is 7.34. The van der Waals surface area contributed by atoms with Gasteiger partial charge in [-0.05, 0) is 42.7 Å². The topological polar surface area (TPSA) is 52.7 Å². The molecule has 2 saturated heterocycles. The van der Waals surface area contributed by atoms with Crippen LogP contribution in [0.4, 0.5) is 0 Å². The molecule has 2 heterocycles. The van der Waals surface area contributed by atoms with Crippen LogP contribution >= 0.6 is 12.4 Å². The molecule has 1 aromatic rings. The van der Waals surface area contributed by atoms with Gasteiger partial charge in [-0.25, -0.2) is 0 Å². The number of hydrogen-bond acceptors (Lipinski definition) is 3. The zero-order valence-corrected chi connectivity index (χ0v) is 16.4. The molecule has 1 saturated carbocycles. The maximum absolute atomic E-state index is 13.3. The van der Waals surface area contributed by atoms with Gasteiger partial charge < -0.3 is 5.32 Å². The van der Waals surface area contributed by atoms with Crippen LogP contribution in [0.3, 0.4) is 0 Å². The van der Waals surface area contributed by atoms with Crippen molar-refractivity contribution < 1.29 is 8.42 Å². The minimum Gasteiger partial charge on any atom is -0.313 e. The summed E-state index contributed by atoms with van der Waals surface area (Å²) in [4.78, 5) is 0. The van der Waals surface area contributed by atoms with Gasteiger partial charge in [-0.3, -0.25) is 0 Å². The highest BCUT2D eigenvalue weighted by Crippen LogP contribution is 2.41. The number of rotatable bonds is 4. The Balaban J connectivity index is 0.00000182. The number of aryl methyl sites for hydroxylation is 1. The molecule has 1 N–H and O–H groups in total. The SMILES string of the molecule is CCc1ccc(C2CNCCN2S(=O)(=O)N2CC3CCC2C3)cc1.Cl. The van der Waals surface area contributed by atoms with Crippen LogP contribution in [-0.2, 0) is 16.6 Å². The standard InChI is InChI=1S/C18H27N3O2S.ClH/c1-2-14-3-6-16(7-4-14)18-12-19-9-10-20(18)24(22,23)21-13-15-5-8-17(21)11-15;/h3-4,6-7,15,17-19H,2,5,8-13H2,1H3;1H. The lowest BCUT2D eigenvalue weighted by Crippen LogP contribution is -2.54. The lowest BCUT2D eigenvalue weighted by Gasteiger charge is -2.39. The summed E-state index contributed by atoms with van der Waals surface area (Å²) in [5, 5.41) is 3.36. The zero-order chi connectivity index (χ0) is 16.7. The van der Waals surface area contributed by atoms with Gasteiger partial charge in [0, 0.05) is 32.2 Å². The van der Waals surface area contributed by atoms with E-state index in [0.717, 1.165) is 37.9 Å². The molecule has 5 nitrogen and oxygen atoms in total. The van der Waals surface area contributed by atoms with E-state index in [1.165, 1.54) is 12.0 Å². The molecule has 3 fully saturated rings. The quantitative estimate of drug-likeness (QED) is 0.865. The van der Waals surface area contributed by atoms with E-state index in [1.807, 2.05) is 0 Å². The summed E-state index contributed by atoms with van der Waals surface area (Å²) in [7, 11) is -3.38. The third-order valence-corrected chi connectivity index (χ3v) is 7.99. The van der Waals surface area contributed by atoms with Gasteiger partial charge in [-0.2, -0.15) is 17.0 Å². The van der Waals surface area contributed by atoms with Crippen LogP contribution in [-0.4, -0.2) is 49.2 Å². The van der Waals surface area contributed by atoms with Crippen molar-refractivity contribution in [2.24, 2.45) is 5.92 Å². The van der Waals surface area contributed by atoms with E-state index in [9.17, 15) is 8.42 Å². The lowest BCUT2D eigenvalue weighted by molar-refractivity contribution is 0.233. The van der Waals surface area contributed by atoms with Crippen molar-refractivity contribution in [1.29, 1.82) is 0 Å². The predicted molar refractivity (Wildman–Crippen MR) is 102 cm³/mol. The van der Waals surface area contributed by atoms with Crippen LogP contribution in [0.1, 0.15) is 43.4 Å². The Hall–Kier alpha value is -0.660. The minimum atomic E-state index is -3.38. The van der Waals surface area contributed by atoms with Crippen molar-refractivity contribution >= 4 is 22.6 Å². The van der Waals surface area contributed by atoms with Crippen molar-refractivity contribution in [3.8, 4) is 0 Å². The molecule has 3 unspecified atom stereocenters. The second-order valence-corrected chi connectivity index (χ2v) is 9.17. The van der Waals surface area contributed by atoms with Crippen LogP contribution in [0.15, 0.2) is 24.3 Å². The van der Waals surface area contributed by atoms with E-state index in [1.54, 1.807) is 8.61 Å². The van der Waals surface area contributed by atoms with Gasteiger partial charge in [0.1, 0.15) is 0 Å². The molecule has 0 amide bonds. The van der Waals surface area contributed by atoms with Crippen LogP contribution in [0.5, 0.6) is 0 Å². The van der Waals surface area contributed by atoms with Gasteiger partial charge in [0.25, 0.3) is 10.2 Å². The fourth-order valence-corrected chi connectivity index (χ4v) is 6.59. The first-order valence-electron chi connectivity index (χ1n) is 9.17. The number of fused-ring (bicyclic) bond motifs is 2. The Kier molecular flexibility index (Phi) is 5.75. The maximum Gasteiger partial charge on any atom is 0.282 e. The second kappa shape index (κ2) is 7.53. The van der Waals surface area contributed by atoms with Gasteiger partial charge >= 0.3 is 0 Å². The fourth-order valence-electron chi connectivity index (χ4n) is 4.52. The van der Waals surface area contributed by atoms with Gasteiger partial charge in [0.05, 0.1) is 6.04 Å². The summed E-state index contributed by atoms with van der Waals surface area (Å²) >= 11 is 0. The van der Waals surface area contributed by atoms with Crippen molar-refractivity contribution in [2.45, 2.75) is 44.7 Å². The monoisotopic (exact) mass is 385 g/mol. The average Bonchev–Trinajstić information content (AvgIpc) is 3.25. The molecule has 1 aliphatic carbocycles. The molecule has 7 heteroatoms. The number of hydrogen-bond donors (Lipinski definition) is 1. The summed E-state index contributed by atoms with van der Waals surface area (Å²) < 4.78 is 30.2. The van der Waals surface area contributed by atoms with E-state index >= 15 is 0 Å². The van der Waals surface area contributed by atoms with Crippen LogP contribution in [0, 0.1) is 5.92 Å². The Morgan fingerprint density at radius 2 is 1.92 bits per heavy atom.